The summed E-state index contributed by atoms with van der Waals surface area (Å²) in [6.45, 7) is 5.70. The maximum Gasteiger partial charge on any atom is 0.295 e. The number of phenolic OH excluding ortho intramolecular Hbond substituents is 1. The number of nitrogens with zero attached hydrogens (tertiary/aromatic N) is 1. The smallest absolute Gasteiger partial charge is 0.295 e. The molecule has 1 unspecified atom stereocenters. The van der Waals surface area contributed by atoms with Crippen LogP contribution >= 0.6 is 0 Å². The molecule has 0 spiro atoms. The van der Waals surface area contributed by atoms with Crippen molar-refractivity contribution in [2.45, 2.75) is 39.0 Å². The maximum atomic E-state index is 14.1. The summed E-state index contributed by atoms with van der Waals surface area (Å²) < 4.78 is 25.5. The summed E-state index contributed by atoms with van der Waals surface area (Å²) in [5.74, 6) is -2.28. The number of benzene rings is 3. The molecule has 1 aliphatic heterocycles. The van der Waals surface area contributed by atoms with Crippen molar-refractivity contribution >= 4 is 17.4 Å². The molecule has 1 fully saturated rings. The van der Waals surface area contributed by atoms with Crippen molar-refractivity contribution in [3.8, 4) is 17.2 Å². The molecule has 0 bridgehead atoms. The van der Waals surface area contributed by atoms with Gasteiger partial charge < -0.3 is 24.6 Å². The molecule has 1 aliphatic rings. The highest BCUT2D eigenvalue weighted by molar-refractivity contribution is 6.46. The van der Waals surface area contributed by atoms with Crippen LogP contribution in [0.4, 0.5) is 4.39 Å². The van der Waals surface area contributed by atoms with Crippen molar-refractivity contribution in [3.63, 3.8) is 0 Å². The molecule has 4 rings (SSSR count). The van der Waals surface area contributed by atoms with Gasteiger partial charge in [-0.1, -0.05) is 30.3 Å². The lowest BCUT2D eigenvalue weighted by atomic mass is 9.94. The Kier molecular flexibility index (Phi) is 6.94. The Morgan fingerprint density at radius 3 is 2.32 bits per heavy atom. The van der Waals surface area contributed by atoms with Crippen LogP contribution in [0.3, 0.4) is 0 Å². The summed E-state index contributed by atoms with van der Waals surface area (Å²) in [6.07, 6.45) is 0. The Bertz CT molecular complexity index is 1370. The molecule has 1 atom stereocenters. The van der Waals surface area contributed by atoms with E-state index in [1.807, 2.05) is 26.8 Å². The van der Waals surface area contributed by atoms with Gasteiger partial charge in [0, 0.05) is 5.56 Å². The lowest BCUT2D eigenvalue weighted by molar-refractivity contribution is -0.140. The number of aliphatic hydroxyl groups is 1. The molecular formula is C29H28FNO6. The van der Waals surface area contributed by atoms with Gasteiger partial charge in [0.05, 0.1) is 30.8 Å². The number of hydrogen-bond acceptors (Lipinski definition) is 6. The molecule has 0 radical (unpaired) electrons. The fourth-order valence-electron chi connectivity index (χ4n) is 4.30. The van der Waals surface area contributed by atoms with E-state index in [4.69, 9.17) is 9.47 Å². The second-order valence-corrected chi connectivity index (χ2v) is 9.69. The summed E-state index contributed by atoms with van der Waals surface area (Å²) in [7, 11) is 1.35. The summed E-state index contributed by atoms with van der Waals surface area (Å²) in [5.41, 5.74) is 0.360. The van der Waals surface area contributed by atoms with Gasteiger partial charge in [0.1, 0.15) is 34.4 Å². The predicted molar refractivity (Wildman–Crippen MR) is 136 cm³/mol. The molecular weight excluding hydrogens is 477 g/mol. The average molecular weight is 506 g/mol. The average Bonchev–Trinajstić information content (AvgIpc) is 3.09. The molecule has 8 heteroatoms. The Morgan fingerprint density at radius 1 is 1.00 bits per heavy atom. The molecule has 1 heterocycles. The zero-order valence-electron chi connectivity index (χ0n) is 21.0. The van der Waals surface area contributed by atoms with Crippen molar-refractivity contribution in [3.05, 3.63) is 94.8 Å². The minimum absolute atomic E-state index is 0.000560. The number of amides is 1. The Hall–Kier alpha value is -4.33. The minimum Gasteiger partial charge on any atom is -0.508 e. The third-order valence-corrected chi connectivity index (χ3v) is 5.89. The van der Waals surface area contributed by atoms with Crippen molar-refractivity contribution in [2.75, 3.05) is 7.11 Å². The highest BCUT2D eigenvalue weighted by atomic mass is 19.1. The molecule has 3 aromatic rings. The lowest BCUT2D eigenvalue weighted by Crippen LogP contribution is -2.30. The van der Waals surface area contributed by atoms with Crippen LogP contribution in [-0.4, -0.2) is 39.5 Å². The zero-order chi connectivity index (χ0) is 26.9. The fraction of sp³-hybridized carbons (Fsp3) is 0.241. The number of phenols is 1. The van der Waals surface area contributed by atoms with Crippen LogP contribution in [0.25, 0.3) is 5.76 Å². The van der Waals surface area contributed by atoms with Crippen molar-refractivity contribution in [1.82, 2.24) is 4.90 Å². The van der Waals surface area contributed by atoms with Gasteiger partial charge in [0.15, 0.2) is 0 Å². The van der Waals surface area contributed by atoms with Crippen LogP contribution in [-0.2, 0) is 16.1 Å². The van der Waals surface area contributed by atoms with E-state index in [9.17, 15) is 24.2 Å². The van der Waals surface area contributed by atoms with Gasteiger partial charge >= 0.3 is 0 Å². The quantitative estimate of drug-likeness (QED) is 0.267. The van der Waals surface area contributed by atoms with Gasteiger partial charge in [-0.05, 0) is 62.7 Å². The number of hydrogen-bond donors (Lipinski definition) is 2. The number of Topliss-reactive ketones (excluding diaryl/α,β-unsaturated/α-hetero) is 1. The van der Waals surface area contributed by atoms with E-state index >= 15 is 0 Å². The predicted octanol–water partition coefficient (Wildman–Crippen LogP) is 5.34. The number of halogens is 1. The van der Waals surface area contributed by atoms with Crippen LogP contribution in [0, 0.1) is 5.82 Å². The van der Waals surface area contributed by atoms with Gasteiger partial charge in [-0.15, -0.1) is 0 Å². The molecule has 3 aromatic carbocycles. The SMILES string of the molecule is COc1ccc(F)cc1/C(O)=C1\C(=O)C(=O)N(Cc2ccccc2OC(C)(C)C)C1c1ccc(O)cc1. The maximum absolute atomic E-state index is 14.1. The lowest BCUT2D eigenvalue weighted by Gasteiger charge is -2.28. The van der Waals surface area contributed by atoms with Crippen LogP contribution in [0.2, 0.25) is 0 Å². The second-order valence-electron chi connectivity index (χ2n) is 9.69. The van der Waals surface area contributed by atoms with Crippen molar-refractivity contribution < 1.29 is 33.7 Å². The molecule has 2 N–H and O–H groups in total. The van der Waals surface area contributed by atoms with Gasteiger partial charge in [0.2, 0.25) is 0 Å². The molecule has 192 valence electrons. The first-order valence-electron chi connectivity index (χ1n) is 11.7. The zero-order valence-corrected chi connectivity index (χ0v) is 21.0. The minimum atomic E-state index is -1.02. The van der Waals surface area contributed by atoms with E-state index in [1.165, 1.54) is 30.2 Å². The second kappa shape index (κ2) is 9.97. The number of carbonyl (C=O) groups is 2. The van der Waals surface area contributed by atoms with Crippen LogP contribution in [0.1, 0.15) is 43.5 Å². The molecule has 0 aromatic heterocycles. The third-order valence-electron chi connectivity index (χ3n) is 5.89. The Morgan fingerprint density at radius 2 is 1.68 bits per heavy atom. The van der Waals surface area contributed by atoms with Crippen LogP contribution in [0.15, 0.2) is 72.3 Å². The first-order valence-corrected chi connectivity index (χ1v) is 11.7. The fourth-order valence-corrected chi connectivity index (χ4v) is 4.30. The van der Waals surface area contributed by atoms with Gasteiger partial charge in [0.25, 0.3) is 11.7 Å². The number of aliphatic hydroxyl groups excluding tert-OH is 1. The molecule has 0 saturated carbocycles. The van der Waals surface area contributed by atoms with E-state index in [1.54, 1.807) is 30.3 Å². The summed E-state index contributed by atoms with van der Waals surface area (Å²) in [5, 5.41) is 21.1. The molecule has 7 nitrogen and oxygen atoms in total. The standard InChI is InChI=1S/C29H28FNO6/c1-29(2,3)37-22-8-6-5-7-18(22)16-31-25(17-9-12-20(32)13-10-17)24(27(34)28(31)35)26(33)21-15-19(30)11-14-23(21)36-4/h5-15,25,32-33H,16H2,1-4H3/b26-24+. The van der Waals surface area contributed by atoms with E-state index in [0.29, 0.717) is 16.9 Å². The highest BCUT2D eigenvalue weighted by Crippen LogP contribution is 2.42. The number of ketones is 1. The summed E-state index contributed by atoms with van der Waals surface area (Å²) >= 11 is 0. The van der Waals surface area contributed by atoms with Crippen LogP contribution < -0.4 is 9.47 Å². The number of aromatic hydroxyl groups is 1. The van der Waals surface area contributed by atoms with E-state index in [2.05, 4.69) is 0 Å². The first kappa shape index (κ1) is 25.8. The van der Waals surface area contributed by atoms with Gasteiger partial charge in [-0.3, -0.25) is 9.59 Å². The topological polar surface area (TPSA) is 96.3 Å². The summed E-state index contributed by atoms with van der Waals surface area (Å²) in [4.78, 5) is 28.0. The first-order chi connectivity index (χ1) is 17.5. The Labute approximate surface area is 214 Å². The monoisotopic (exact) mass is 505 g/mol. The highest BCUT2D eigenvalue weighted by Gasteiger charge is 2.46. The number of para-hydroxylation sites is 1. The van der Waals surface area contributed by atoms with E-state index in [-0.39, 0.29) is 29.2 Å². The largest absolute Gasteiger partial charge is 0.508 e. The van der Waals surface area contributed by atoms with Crippen molar-refractivity contribution in [2.24, 2.45) is 0 Å². The third kappa shape index (κ3) is 5.28. The number of carbonyl (C=O) groups excluding carboxylic acids is 2. The van der Waals surface area contributed by atoms with E-state index < -0.39 is 34.9 Å². The number of ether oxygens (including phenoxy) is 2. The number of rotatable bonds is 6. The molecule has 0 aliphatic carbocycles. The van der Waals surface area contributed by atoms with Gasteiger partial charge in [-0.2, -0.15) is 0 Å². The van der Waals surface area contributed by atoms with E-state index in [0.717, 1.165) is 12.1 Å². The molecule has 1 amide bonds. The number of methoxy groups -OCH3 is 1. The molecule has 37 heavy (non-hydrogen) atoms. The number of likely N-dealkylation sites (tertiary alicyclic amines) is 1. The van der Waals surface area contributed by atoms with Crippen molar-refractivity contribution in [1.29, 1.82) is 0 Å². The normalized spacial score (nSPS) is 17.2. The van der Waals surface area contributed by atoms with Crippen LogP contribution in [0.5, 0.6) is 17.2 Å². The Balaban J connectivity index is 1.88. The van der Waals surface area contributed by atoms with Gasteiger partial charge in [-0.25, -0.2) is 4.39 Å². The summed E-state index contributed by atoms with van der Waals surface area (Å²) in [6, 6.07) is 15.7. The molecule has 1 saturated heterocycles.